The maximum absolute atomic E-state index is 11.7. The summed E-state index contributed by atoms with van der Waals surface area (Å²) in [6.45, 7) is 4.88. The molecule has 0 aromatic heterocycles. The molecule has 0 saturated heterocycles. The van der Waals surface area contributed by atoms with Gasteiger partial charge < -0.3 is 14.6 Å². The van der Waals surface area contributed by atoms with Gasteiger partial charge in [0.15, 0.2) is 12.2 Å². The molecule has 0 radical (unpaired) electrons. The number of rotatable bonds is 18. The van der Waals surface area contributed by atoms with Crippen molar-refractivity contribution in [3.8, 4) is 0 Å². The van der Waals surface area contributed by atoms with Crippen molar-refractivity contribution in [3.63, 3.8) is 0 Å². The molecule has 2 unspecified atom stereocenters. The Morgan fingerprint density at radius 2 is 1.11 bits per heavy atom. The van der Waals surface area contributed by atoms with Gasteiger partial charge in [-0.05, 0) is 20.3 Å². The number of unbranched alkanes of at least 4 members (excludes halogenated alkanes) is 12. The first kappa shape index (κ1) is 26.4. The molecule has 0 fully saturated rings. The summed E-state index contributed by atoms with van der Waals surface area (Å²) in [5.74, 6) is -2.53. The second-order valence-corrected chi connectivity index (χ2v) is 7.54. The summed E-state index contributed by atoms with van der Waals surface area (Å²) in [6.07, 6.45) is 13.9. The van der Waals surface area contributed by atoms with Gasteiger partial charge >= 0.3 is 17.9 Å². The summed E-state index contributed by atoms with van der Waals surface area (Å²) in [6, 6.07) is 0. The fraction of sp³-hybridized carbons (Fsp3) is 0.864. The molecular weight excluding hydrogens is 360 g/mol. The number of carbonyl (C=O) groups is 3. The number of aliphatic carboxylic acids is 1. The molecule has 0 aromatic carbocycles. The SMILES string of the molecule is CCCCCCCCCCCCCCCC(=O)OC(C)C(=O)OC(C)C(=O)O. The second kappa shape index (κ2) is 17.5. The van der Waals surface area contributed by atoms with Crippen molar-refractivity contribution in [1.29, 1.82) is 0 Å². The molecule has 0 spiro atoms. The second-order valence-electron chi connectivity index (χ2n) is 7.54. The summed E-state index contributed by atoms with van der Waals surface area (Å²) in [7, 11) is 0. The van der Waals surface area contributed by atoms with Gasteiger partial charge in [0.2, 0.25) is 0 Å². The van der Waals surface area contributed by atoms with E-state index in [0.717, 1.165) is 19.3 Å². The molecule has 0 aliphatic rings. The minimum absolute atomic E-state index is 0.268. The monoisotopic (exact) mass is 400 g/mol. The first-order valence-electron chi connectivity index (χ1n) is 11.0. The first-order chi connectivity index (χ1) is 13.4. The highest BCUT2D eigenvalue weighted by Crippen LogP contribution is 2.13. The van der Waals surface area contributed by atoms with Crippen molar-refractivity contribution in [2.75, 3.05) is 0 Å². The Hall–Kier alpha value is -1.59. The van der Waals surface area contributed by atoms with Crippen molar-refractivity contribution in [2.24, 2.45) is 0 Å². The van der Waals surface area contributed by atoms with Crippen LogP contribution in [0.5, 0.6) is 0 Å². The molecular formula is C22H40O6. The van der Waals surface area contributed by atoms with Gasteiger partial charge in [-0.1, -0.05) is 84.0 Å². The van der Waals surface area contributed by atoms with E-state index in [1.807, 2.05) is 0 Å². The van der Waals surface area contributed by atoms with Gasteiger partial charge in [0.1, 0.15) is 0 Å². The van der Waals surface area contributed by atoms with Crippen LogP contribution in [-0.2, 0) is 23.9 Å². The highest BCUT2D eigenvalue weighted by molar-refractivity contribution is 5.82. The third-order valence-electron chi connectivity index (χ3n) is 4.77. The van der Waals surface area contributed by atoms with Crippen molar-refractivity contribution < 1.29 is 29.0 Å². The number of carboxylic acids is 1. The molecule has 2 atom stereocenters. The summed E-state index contributed by atoms with van der Waals surface area (Å²) in [5, 5.41) is 8.70. The van der Waals surface area contributed by atoms with Crippen LogP contribution in [0.3, 0.4) is 0 Å². The maximum atomic E-state index is 11.7. The van der Waals surface area contributed by atoms with E-state index in [2.05, 4.69) is 11.7 Å². The zero-order valence-electron chi connectivity index (χ0n) is 18.0. The third-order valence-corrected chi connectivity index (χ3v) is 4.77. The number of esters is 2. The molecule has 0 amide bonds. The summed E-state index contributed by atoms with van der Waals surface area (Å²) < 4.78 is 9.67. The summed E-state index contributed by atoms with van der Waals surface area (Å²) in [5.41, 5.74) is 0. The molecule has 0 bridgehead atoms. The molecule has 0 heterocycles. The van der Waals surface area contributed by atoms with E-state index < -0.39 is 30.1 Å². The number of carboxylic acid groups (broad SMARTS) is 1. The van der Waals surface area contributed by atoms with Gasteiger partial charge in [0.25, 0.3) is 0 Å². The highest BCUT2D eigenvalue weighted by atomic mass is 16.6. The third kappa shape index (κ3) is 15.5. The summed E-state index contributed by atoms with van der Waals surface area (Å²) in [4.78, 5) is 34.0. The van der Waals surface area contributed by atoms with E-state index in [1.165, 1.54) is 78.1 Å². The predicted octanol–water partition coefficient (Wildman–Crippen LogP) is 5.42. The standard InChI is InChI=1S/C22H40O6/c1-4-5-6-7-8-9-10-11-12-13-14-15-16-17-20(23)27-19(3)22(26)28-18(2)21(24)25/h18-19H,4-17H2,1-3H3,(H,24,25). The zero-order valence-corrected chi connectivity index (χ0v) is 18.0. The Kier molecular flexibility index (Phi) is 16.5. The lowest BCUT2D eigenvalue weighted by Crippen LogP contribution is -2.32. The average Bonchev–Trinajstić information content (AvgIpc) is 2.65. The van der Waals surface area contributed by atoms with Crippen molar-refractivity contribution in [3.05, 3.63) is 0 Å². The van der Waals surface area contributed by atoms with Gasteiger partial charge in [-0.15, -0.1) is 0 Å². The quantitative estimate of drug-likeness (QED) is 0.244. The Morgan fingerprint density at radius 1 is 0.679 bits per heavy atom. The van der Waals surface area contributed by atoms with Crippen molar-refractivity contribution in [1.82, 2.24) is 0 Å². The molecule has 0 aliphatic carbocycles. The van der Waals surface area contributed by atoms with E-state index in [9.17, 15) is 14.4 Å². The fourth-order valence-corrected chi connectivity index (χ4v) is 2.91. The lowest BCUT2D eigenvalue weighted by molar-refractivity contribution is -0.174. The van der Waals surface area contributed by atoms with E-state index in [0.29, 0.717) is 0 Å². The Balaban J connectivity index is 3.52. The Labute approximate surface area is 170 Å². The van der Waals surface area contributed by atoms with E-state index in [-0.39, 0.29) is 6.42 Å². The van der Waals surface area contributed by atoms with Gasteiger partial charge in [0.05, 0.1) is 0 Å². The number of hydrogen-bond donors (Lipinski definition) is 1. The highest BCUT2D eigenvalue weighted by Gasteiger charge is 2.23. The fourth-order valence-electron chi connectivity index (χ4n) is 2.91. The number of carbonyl (C=O) groups excluding carboxylic acids is 2. The number of hydrogen-bond acceptors (Lipinski definition) is 5. The van der Waals surface area contributed by atoms with Gasteiger partial charge in [-0.25, -0.2) is 9.59 Å². The largest absolute Gasteiger partial charge is 0.479 e. The normalized spacial score (nSPS) is 13.0. The van der Waals surface area contributed by atoms with Crippen LogP contribution in [-0.4, -0.2) is 35.2 Å². The molecule has 28 heavy (non-hydrogen) atoms. The molecule has 0 aromatic rings. The van der Waals surface area contributed by atoms with Crippen LogP contribution in [0.4, 0.5) is 0 Å². The molecule has 1 N–H and O–H groups in total. The molecule has 0 rings (SSSR count). The van der Waals surface area contributed by atoms with Crippen LogP contribution < -0.4 is 0 Å². The van der Waals surface area contributed by atoms with Crippen LogP contribution in [0.25, 0.3) is 0 Å². The van der Waals surface area contributed by atoms with E-state index in [4.69, 9.17) is 9.84 Å². The van der Waals surface area contributed by atoms with Gasteiger partial charge in [-0.2, -0.15) is 0 Å². The van der Waals surface area contributed by atoms with E-state index >= 15 is 0 Å². The van der Waals surface area contributed by atoms with Crippen LogP contribution in [0.2, 0.25) is 0 Å². The van der Waals surface area contributed by atoms with Crippen molar-refractivity contribution in [2.45, 2.75) is 123 Å². The lowest BCUT2D eigenvalue weighted by Gasteiger charge is -2.14. The van der Waals surface area contributed by atoms with Crippen molar-refractivity contribution >= 4 is 17.9 Å². The van der Waals surface area contributed by atoms with Crippen LogP contribution in [0.15, 0.2) is 0 Å². The molecule has 0 aliphatic heterocycles. The predicted molar refractivity (Wildman–Crippen MR) is 109 cm³/mol. The average molecular weight is 401 g/mol. The van der Waals surface area contributed by atoms with E-state index in [1.54, 1.807) is 0 Å². The van der Waals surface area contributed by atoms with Crippen LogP contribution in [0, 0.1) is 0 Å². The molecule has 6 nitrogen and oxygen atoms in total. The Bertz CT molecular complexity index is 435. The van der Waals surface area contributed by atoms with Gasteiger partial charge in [0, 0.05) is 6.42 Å². The van der Waals surface area contributed by atoms with Crippen LogP contribution in [0.1, 0.15) is 111 Å². The van der Waals surface area contributed by atoms with Crippen LogP contribution >= 0.6 is 0 Å². The minimum Gasteiger partial charge on any atom is -0.479 e. The molecule has 164 valence electrons. The Morgan fingerprint density at radius 3 is 1.54 bits per heavy atom. The smallest absolute Gasteiger partial charge is 0.347 e. The topological polar surface area (TPSA) is 89.9 Å². The number of ether oxygens (including phenoxy) is 2. The lowest BCUT2D eigenvalue weighted by atomic mass is 10.0. The zero-order chi connectivity index (χ0) is 21.2. The maximum Gasteiger partial charge on any atom is 0.347 e. The minimum atomic E-state index is -1.25. The molecule has 0 saturated carbocycles. The summed E-state index contributed by atoms with van der Waals surface area (Å²) >= 11 is 0. The first-order valence-corrected chi connectivity index (χ1v) is 11.0. The molecule has 6 heteroatoms. The van der Waals surface area contributed by atoms with Gasteiger partial charge in [-0.3, -0.25) is 4.79 Å².